The molecule has 1 aliphatic rings. The molecule has 1 unspecified atom stereocenters. The molecule has 9 heteroatoms. The lowest BCUT2D eigenvalue weighted by Gasteiger charge is -2.17. The fraction of sp³-hybridized carbons (Fsp3) is 0.389. The van der Waals surface area contributed by atoms with Crippen molar-refractivity contribution in [2.75, 3.05) is 31.0 Å². The van der Waals surface area contributed by atoms with Crippen molar-refractivity contribution in [3.8, 4) is 11.5 Å². The number of aryl methyl sites for hydroxylation is 1. The lowest BCUT2D eigenvalue weighted by Crippen LogP contribution is -2.34. The van der Waals surface area contributed by atoms with E-state index in [9.17, 15) is 9.59 Å². The third-order valence-electron chi connectivity index (χ3n) is 4.30. The molecule has 0 bridgehead atoms. The summed E-state index contributed by atoms with van der Waals surface area (Å²) < 4.78 is 12.3. The molecule has 1 aromatic carbocycles. The average Bonchev–Trinajstić information content (AvgIpc) is 3.32. The minimum Gasteiger partial charge on any atom is -0.493 e. The minimum atomic E-state index is -0.361. The number of anilines is 1. The Hall–Kier alpha value is -2.68. The second kappa shape index (κ2) is 8.34. The average molecular weight is 390 g/mol. The normalized spacial score (nSPS) is 16.0. The molecule has 2 amide bonds. The topological polar surface area (TPSA) is 94.5 Å². The van der Waals surface area contributed by atoms with E-state index >= 15 is 0 Å². The van der Waals surface area contributed by atoms with Crippen molar-refractivity contribution in [1.29, 1.82) is 0 Å². The summed E-state index contributed by atoms with van der Waals surface area (Å²) in [6.45, 7) is 0. The molecule has 2 N–H and O–H groups in total. The van der Waals surface area contributed by atoms with Gasteiger partial charge >= 0.3 is 0 Å². The molecule has 27 heavy (non-hydrogen) atoms. The van der Waals surface area contributed by atoms with E-state index in [0.29, 0.717) is 28.4 Å². The van der Waals surface area contributed by atoms with Crippen LogP contribution < -0.4 is 20.1 Å². The first-order valence-corrected chi connectivity index (χ1v) is 9.61. The van der Waals surface area contributed by atoms with Crippen LogP contribution in [0.5, 0.6) is 11.5 Å². The van der Waals surface area contributed by atoms with Gasteiger partial charge in [-0.1, -0.05) is 0 Å². The quantitative estimate of drug-likeness (QED) is 0.783. The molecule has 1 aliphatic heterocycles. The van der Waals surface area contributed by atoms with Gasteiger partial charge in [-0.25, -0.2) is 4.98 Å². The van der Waals surface area contributed by atoms with Crippen LogP contribution >= 0.6 is 11.8 Å². The van der Waals surface area contributed by atoms with E-state index in [1.807, 2.05) is 11.8 Å². The Morgan fingerprint density at radius 3 is 2.67 bits per heavy atom. The number of carbonyl (C=O) groups is 2. The van der Waals surface area contributed by atoms with Crippen LogP contribution in [0.3, 0.4) is 0 Å². The van der Waals surface area contributed by atoms with Gasteiger partial charge in [-0.15, -0.1) is 0 Å². The molecular weight excluding hydrogens is 368 g/mol. The van der Waals surface area contributed by atoms with Gasteiger partial charge in [0.05, 0.1) is 32.4 Å². The Morgan fingerprint density at radius 1 is 1.26 bits per heavy atom. The molecule has 0 aliphatic carbocycles. The van der Waals surface area contributed by atoms with Gasteiger partial charge in [0.15, 0.2) is 11.5 Å². The van der Waals surface area contributed by atoms with Gasteiger partial charge in [-0.05, 0) is 24.3 Å². The van der Waals surface area contributed by atoms with E-state index in [0.717, 1.165) is 17.9 Å². The molecule has 1 aromatic heterocycles. The first kappa shape index (κ1) is 19.1. The maximum Gasteiger partial charge on any atom is 0.274 e. The van der Waals surface area contributed by atoms with Gasteiger partial charge in [0.2, 0.25) is 0 Å². The molecular formula is C18H22N4O4S. The van der Waals surface area contributed by atoms with Gasteiger partial charge in [0, 0.05) is 24.4 Å². The van der Waals surface area contributed by atoms with E-state index in [4.69, 9.17) is 9.47 Å². The van der Waals surface area contributed by atoms with Gasteiger partial charge in [0.1, 0.15) is 5.69 Å². The van der Waals surface area contributed by atoms with Crippen molar-refractivity contribution >= 4 is 29.3 Å². The SMILES string of the molecule is COc1cc(C(=O)NC2CCSC2)cc(NC(=O)c2cncn2C)c1OC. The van der Waals surface area contributed by atoms with Crippen molar-refractivity contribution in [3.05, 3.63) is 35.9 Å². The van der Waals surface area contributed by atoms with Crippen LogP contribution in [-0.4, -0.2) is 53.1 Å². The number of ether oxygens (including phenoxy) is 2. The standard InChI is InChI=1S/C18H22N4O4S/c1-22-10-19-8-14(22)18(24)21-13-6-11(7-15(25-2)16(13)26-3)17(23)20-12-4-5-27-9-12/h6-8,10,12H,4-5,9H2,1-3H3,(H,20,23)(H,21,24). The number of rotatable bonds is 6. The van der Waals surface area contributed by atoms with Gasteiger partial charge in [-0.2, -0.15) is 11.8 Å². The third-order valence-corrected chi connectivity index (χ3v) is 5.47. The van der Waals surface area contributed by atoms with Gasteiger partial charge < -0.3 is 24.7 Å². The number of nitrogens with one attached hydrogen (secondary N) is 2. The minimum absolute atomic E-state index is 0.156. The molecule has 1 saturated heterocycles. The maximum atomic E-state index is 12.6. The van der Waals surface area contributed by atoms with Crippen LogP contribution in [0.1, 0.15) is 27.3 Å². The van der Waals surface area contributed by atoms with E-state index < -0.39 is 0 Å². The summed E-state index contributed by atoms with van der Waals surface area (Å²) in [6.07, 6.45) is 3.96. The number of amides is 2. The molecule has 2 aromatic rings. The number of thioether (sulfide) groups is 1. The Kier molecular flexibility index (Phi) is 5.90. The predicted octanol–water partition coefficient (Wildman–Crippen LogP) is 1.92. The van der Waals surface area contributed by atoms with Gasteiger partial charge in [0.25, 0.3) is 11.8 Å². The summed E-state index contributed by atoms with van der Waals surface area (Å²) in [7, 11) is 4.69. The highest BCUT2D eigenvalue weighted by molar-refractivity contribution is 7.99. The van der Waals surface area contributed by atoms with Crippen molar-refractivity contribution in [1.82, 2.24) is 14.9 Å². The van der Waals surface area contributed by atoms with E-state index in [2.05, 4.69) is 15.6 Å². The van der Waals surface area contributed by atoms with Crippen LogP contribution in [0.2, 0.25) is 0 Å². The van der Waals surface area contributed by atoms with Crippen LogP contribution in [0.15, 0.2) is 24.7 Å². The lowest BCUT2D eigenvalue weighted by molar-refractivity contribution is 0.0939. The second-order valence-electron chi connectivity index (χ2n) is 6.14. The molecule has 0 radical (unpaired) electrons. The zero-order chi connectivity index (χ0) is 19.4. The van der Waals surface area contributed by atoms with Crippen molar-refractivity contribution < 1.29 is 19.1 Å². The summed E-state index contributed by atoms with van der Waals surface area (Å²) >= 11 is 1.82. The molecule has 8 nitrogen and oxygen atoms in total. The molecule has 0 spiro atoms. The largest absolute Gasteiger partial charge is 0.493 e. The number of benzene rings is 1. The summed E-state index contributed by atoms with van der Waals surface area (Å²) in [5.74, 6) is 2.10. The van der Waals surface area contributed by atoms with Crippen LogP contribution in [0.4, 0.5) is 5.69 Å². The first-order chi connectivity index (χ1) is 13.0. The highest BCUT2D eigenvalue weighted by Crippen LogP contribution is 2.37. The molecule has 0 saturated carbocycles. The Balaban J connectivity index is 1.89. The molecule has 1 atom stereocenters. The summed E-state index contributed by atoms with van der Waals surface area (Å²) in [6, 6.07) is 3.35. The van der Waals surface area contributed by atoms with Gasteiger partial charge in [-0.3, -0.25) is 9.59 Å². The highest BCUT2D eigenvalue weighted by Gasteiger charge is 2.22. The maximum absolute atomic E-state index is 12.6. The predicted molar refractivity (Wildman–Crippen MR) is 104 cm³/mol. The van der Waals surface area contributed by atoms with Crippen molar-refractivity contribution in [3.63, 3.8) is 0 Å². The Bertz CT molecular complexity index is 846. The van der Waals surface area contributed by atoms with E-state index in [1.54, 1.807) is 23.7 Å². The molecule has 1 fully saturated rings. The fourth-order valence-electron chi connectivity index (χ4n) is 2.87. The number of hydrogen-bond donors (Lipinski definition) is 2. The molecule has 144 valence electrons. The number of imidazole rings is 1. The van der Waals surface area contributed by atoms with Crippen LogP contribution in [0, 0.1) is 0 Å². The summed E-state index contributed by atoms with van der Waals surface area (Å²) in [4.78, 5) is 29.1. The Labute approximate surface area is 161 Å². The summed E-state index contributed by atoms with van der Waals surface area (Å²) in [5, 5.41) is 5.80. The zero-order valence-corrected chi connectivity index (χ0v) is 16.3. The molecule has 2 heterocycles. The zero-order valence-electron chi connectivity index (χ0n) is 15.4. The van der Waals surface area contributed by atoms with Crippen molar-refractivity contribution in [2.45, 2.75) is 12.5 Å². The Morgan fingerprint density at radius 2 is 2.07 bits per heavy atom. The smallest absolute Gasteiger partial charge is 0.274 e. The van der Waals surface area contributed by atoms with Crippen LogP contribution in [-0.2, 0) is 7.05 Å². The van der Waals surface area contributed by atoms with Crippen LogP contribution in [0.25, 0.3) is 0 Å². The first-order valence-electron chi connectivity index (χ1n) is 8.45. The fourth-order valence-corrected chi connectivity index (χ4v) is 4.02. The lowest BCUT2D eigenvalue weighted by atomic mass is 10.1. The number of aromatic nitrogens is 2. The third kappa shape index (κ3) is 4.19. The van der Waals surface area contributed by atoms with E-state index in [-0.39, 0.29) is 17.9 Å². The highest BCUT2D eigenvalue weighted by atomic mass is 32.2. The van der Waals surface area contributed by atoms with Crippen molar-refractivity contribution in [2.24, 2.45) is 7.05 Å². The number of nitrogens with zero attached hydrogens (tertiary/aromatic N) is 2. The van der Waals surface area contributed by atoms with E-state index in [1.165, 1.54) is 26.7 Å². The number of hydrogen-bond acceptors (Lipinski definition) is 6. The molecule has 3 rings (SSSR count). The number of methoxy groups -OCH3 is 2. The summed E-state index contributed by atoms with van der Waals surface area (Å²) in [5.41, 5.74) is 1.13. The number of carbonyl (C=O) groups excluding carboxylic acids is 2. The second-order valence-corrected chi connectivity index (χ2v) is 7.29. The monoisotopic (exact) mass is 390 g/mol.